The molecule has 1 aliphatic rings. The molecule has 33 heavy (non-hydrogen) atoms. The third kappa shape index (κ3) is 6.06. The van der Waals surface area contributed by atoms with Crippen LogP contribution in [0.1, 0.15) is 29.9 Å². The minimum absolute atomic E-state index is 0.109. The Labute approximate surface area is 196 Å². The van der Waals surface area contributed by atoms with Crippen molar-refractivity contribution in [3.05, 3.63) is 59.7 Å². The Morgan fingerprint density at radius 1 is 0.970 bits per heavy atom. The summed E-state index contributed by atoms with van der Waals surface area (Å²) in [6.45, 7) is -0.272. The van der Waals surface area contributed by atoms with Gasteiger partial charge < -0.3 is 25.6 Å². The number of aliphatic hydroxyl groups is 1. The molecule has 0 aromatic heterocycles. The van der Waals surface area contributed by atoms with Gasteiger partial charge in [-0.05, 0) is 40.7 Å². The molecule has 2 amide bonds. The fourth-order valence-corrected chi connectivity index (χ4v) is 4.42. The number of ether oxygens (including phenoxy) is 1. The van der Waals surface area contributed by atoms with E-state index >= 15 is 0 Å². The summed E-state index contributed by atoms with van der Waals surface area (Å²) in [6.07, 6.45) is 1.31. The number of aliphatic hydroxyl groups excluding tert-OH is 1. The van der Waals surface area contributed by atoms with E-state index in [2.05, 4.69) is 10.6 Å². The SMILES string of the molecule is CSCC[C@H](NC(=O)OCC1c2ccccc2-c2ccccc21)C(=O)N[C@H](CCO)C(=O)O. The summed E-state index contributed by atoms with van der Waals surface area (Å²) in [7, 11) is 0. The summed E-state index contributed by atoms with van der Waals surface area (Å²) in [4.78, 5) is 36.5. The van der Waals surface area contributed by atoms with Crippen LogP contribution in [0.4, 0.5) is 4.79 Å². The molecule has 0 aliphatic heterocycles. The van der Waals surface area contributed by atoms with E-state index in [4.69, 9.17) is 9.84 Å². The Balaban J connectivity index is 1.65. The number of rotatable bonds is 11. The van der Waals surface area contributed by atoms with Gasteiger partial charge in [0.05, 0.1) is 0 Å². The van der Waals surface area contributed by atoms with Gasteiger partial charge in [-0.2, -0.15) is 11.8 Å². The van der Waals surface area contributed by atoms with Crippen molar-refractivity contribution in [3.8, 4) is 11.1 Å². The van der Waals surface area contributed by atoms with Crippen molar-refractivity contribution >= 4 is 29.7 Å². The van der Waals surface area contributed by atoms with Crippen LogP contribution in [-0.2, 0) is 14.3 Å². The molecular formula is C24H28N2O6S. The van der Waals surface area contributed by atoms with Crippen molar-refractivity contribution in [2.24, 2.45) is 0 Å². The number of carboxylic acids is 1. The van der Waals surface area contributed by atoms with Crippen molar-refractivity contribution in [2.45, 2.75) is 30.8 Å². The summed E-state index contributed by atoms with van der Waals surface area (Å²) in [5.41, 5.74) is 4.39. The summed E-state index contributed by atoms with van der Waals surface area (Å²) < 4.78 is 5.51. The Hall–Kier alpha value is -3.04. The standard InChI is InChI=1S/C24H28N2O6S/c1-33-13-11-20(22(28)25-21(10-12-27)23(29)30)26-24(31)32-14-19-17-8-4-2-6-15(17)16-7-3-5-9-18(16)19/h2-9,19-21,27H,10-14H2,1H3,(H,25,28)(H,26,31)(H,29,30)/t20-,21+/m0/s1. The molecule has 0 spiro atoms. The van der Waals surface area contributed by atoms with Crippen LogP contribution in [0.15, 0.2) is 48.5 Å². The lowest BCUT2D eigenvalue weighted by molar-refractivity contribution is -0.142. The number of benzene rings is 2. The number of carboxylic acid groups (broad SMARTS) is 1. The first-order chi connectivity index (χ1) is 16.0. The molecule has 0 unspecified atom stereocenters. The first kappa shape index (κ1) is 24.6. The fraction of sp³-hybridized carbons (Fsp3) is 0.375. The van der Waals surface area contributed by atoms with Gasteiger partial charge in [0.15, 0.2) is 0 Å². The number of hydrogen-bond donors (Lipinski definition) is 4. The van der Waals surface area contributed by atoms with Crippen LogP contribution in [-0.4, -0.2) is 65.5 Å². The van der Waals surface area contributed by atoms with Crippen molar-refractivity contribution in [2.75, 3.05) is 25.2 Å². The van der Waals surface area contributed by atoms with E-state index in [1.54, 1.807) is 0 Å². The van der Waals surface area contributed by atoms with E-state index in [9.17, 15) is 19.5 Å². The largest absolute Gasteiger partial charge is 0.480 e. The molecule has 9 heteroatoms. The van der Waals surface area contributed by atoms with Crippen molar-refractivity contribution < 1.29 is 29.3 Å². The molecular weight excluding hydrogens is 444 g/mol. The maximum absolute atomic E-state index is 12.6. The Morgan fingerprint density at radius 2 is 1.58 bits per heavy atom. The van der Waals surface area contributed by atoms with Gasteiger partial charge in [0, 0.05) is 18.9 Å². The molecule has 0 saturated carbocycles. The molecule has 0 saturated heterocycles. The Morgan fingerprint density at radius 3 is 2.12 bits per heavy atom. The van der Waals surface area contributed by atoms with E-state index in [0.717, 1.165) is 22.3 Å². The first-order valence-electron chi connectivity index (χ1n) is 10.7. The highest BCUT2D eigenvalue weighted by atomic mass is 32.2. The van der Waals surface area contributed by atoms with Crippen LogP contribution in [0, 0.1) is 0 Å². The second kappa shape index (κ2) is 11.7. The highest BCUT2D eigenvalue weighted by Crippen LogP contribution is 2.44. The van der Waals surface area contributed by atoms with E-state index < -0.39 is 30.1 Å². The molecule has 1 aliphatic carbocycles. The fourth-order valence-electron chi connectivity index (χ4n) is 3.95. The highest BCUT2D eigenvalue weighted by Gasteiger charge is 2.30. The van der Waals surface area contributed by atoms with Crippen LogP contribution in [0.25, 0.3) is 11.1 Å². The van der Waals surface area contributed by atoms with E-state index in [0.29, 0.717) is 12.2 Å². The maximum Gasteiger partial charge on any atom is 0.407 e. The Kier molecular flexibility index (Phi) is 8.73. The third-order valence-electron chi connectivity index (χ3n) is 5.60. The normalized spacial score (nSPS) is 14.0. The Bertz CT molecular complexity index is 953. The first-order valence-corrected chi connectivity index (χ1v) is 12.1. The number of aliphatic carboxylic acids is 1. The minimum atomic E-state index is -1.25. The monoisotopic (exact) mass is 472 g/mol. The number of amides is 2. The zero-order chi connectivity index (χ0) is 23.8. The molecule has 2 aromatic rings. The van der Waals surface area contributed by atoms with E-state index in [-0.39, 0.29) is 25.6 Å². The number of alkyl carbamates (subject to hydrolysis) is 1. The van der Waals surface area contributed by atoms with Gasteiger partial charge in [-0.25, -0.2) is 9.59 Å². The number of nitrogens with one attached hydrogen (secondary N) is 2. The summed E-state index contributed by atoms with van der Waals surface area (Å²) in [6, 6.07) is 13.8. The van der Waals surface area contributed by atoms with Gasteiger partial charge in [-0.15, -0.1) is 0 Å². The summed E-state index contributed by atoms with van der Waals surface area (Å²) in [5, 5.41) is 23.2. The quantitative estimate of drug-likeness (QED) is 0.396. The van der Waals surface area contributed by atoms with Crippen molar-refractivity contribution in [3.63, 3.8) is 0 Å². The van der Waals surface area contributed by atoms with Gasteiger partial charge in [0.1, 0.15) is 18.7 Å². The molecule has 2 atom stereocenters. The second-order valence-corrected chi connectivity index (χ2v) is 8.70. The van der Waals surface area contributed by atoms with Gasteiger partial charge in [0.2, 0.25) is 5.91 Å². The van der Waals surface area contributed by atoms with Gasteiger partial charge in [-0.1, -0.05) is 48.5 Å². The predicted octanol–water partition coefficient (Wildman–Crippen LogP) is 2.60. The molecule has 0 bridgehead atoms. The van der Waals surface area contributed by atoms with Crippen molar-refractivity contribution in [1.82, 2.24) is 10.6 Å². The lowest BCUT2D eigenvalue weighted by atomic mass is 9.98. The average molecular weight is 473 g/mol. The van der Waals surface area contributed by atoms with Gasteiger partial charge >= 0.3 is 12.1 Å². The molecule has 8 nitrogen and oxygen atoms in total. The molecule has 4 N–H and O–H groups in total. The predicted molar refractivity (Wildman–Crippen MR) is 126 cm³/mol. The molecule has 176 valence electrons. The van der Waals surface area contributed by atoms with Gasteiger partial charge in [0.25, 0.3) is 0 Å². The molecule has 3 rings (SSSR count). The lowest BCUT2D eigenvalue weighted by Crippen LogP contribution is -2.52. The highest BCUT2D eigenvalue weighted by molar-refractivity contribution is 7.98. The molecule has 0 fully saturated rings. The number of fused-ring (bicyclic) bond motifs is 3. The lowest BCUT2D eigenvalue weighted by Gasteiger charge is -2.21. The zero-order valence-corrected chi connectivity index (χ0v) is 19.1. The molecule has 2 aromatic carbocycles. The van der Waals surface area contributed by atoms with Crippen LogP contribution >= 0.6 is 11.8 Å². The van der Waals surface area contributed by atoms with Crippen LogP contribution < -0.4 is 10.6 Å². The second-order valence-electron chi connectivity index (χ2n) is 7.72. The van der Waals surface area contributed by atoms with E-state index in [1.807, 2.05) is 54.8 Å². The maximum atomic E-state index is 12.6. The smallest absolute Gasteiger partial charge is 0.407 e. The van der Waals surface area contributed by atoms with Gasteiger partial charge in [-0.3, -0.25) is 4.79 Å². The number of thioether (sulfide) groups is 1. The van der Waals surface area contributed by atoms with Crippen LogP contribution in [0.5, 0.6) is 0 Å². The van der Waals surface area contributed by atoms with Crippen LogP contribution in [0.2, 0.25) is 0 Å². The van der Waals surface area contributed by atoms with E-state index in [1.165, 1.54) is 11.8 Å². The number of carbonyl (C=O) groups excluding carboxylic acids is 2. The number of carbonyl (C=O) groups is 3. The number of hydrogen-bond acceptors (Lipinski definition) is 6. The molecule has 0 radical (unpaired) electrons. The van der Waals surface area contributed by atoms with Crippen molar-refractivity contribution in [1.29, 1.82) is 0 Å². The average Bonchev–Trinajstić information content (AvgIpc) is 3.13. The zero-order valence-electron chi connectivity index (χ0n) is 18.3. The summed E-state index contributed by atoms with van der Waals surface area (Å²) in [5.74, 6) is -1.40. The third-order valence-corrected chi connectivity index (χ3v) is 6.24. The minimum Gasteiger partial charge on any atom is -0.480 e. The summed E-state index contributed by atoms with van der Waals surface area (Å²) >= 11 is 1.50. The van der Waals surface area contributed by atoms with Crippen LogP contribution in [0.3, 0.4) is 0 Å². The topological polar surface area (TPSA) is 125 Å². The molecule has 0 heterocycles.